The molecule has 0 spiro atoms. The second-order valence-corrected chi connectivity index (χ2v) is 3.32. The molecule has 1 aliphatic heterocycles. The van der Waals surface area contributed by atoms with Gasteiger partial charge in [0.2, 0.25) is 0 Å². The number of hydrogen-bond donors (Lipinski definition) is 0. The highest BCUT2D eigenvalue weighted by Gasteiger charge is 2.31. The Hall–Kier alpha value is -1.48. The van der Waals surface area contributed by atoms with E-state index in [2.05, 4.69) is 0 Å². The fraction of sp³-hybridized carbons (Fsp3) is 0.273. The van der Waals surface area contributed by atoms with Crippen LogP contribution in [0.5, 0.6) is 0 Å². The van der Waals surface area contributed by atoms with Gasteiger partial charge in [-0.3, -0.25) is 9.59 Å². The van der Waals surface area contributed by atoms with E-state index in [1.54, 1.807) is 24.3 Å². The van der Waals surface area contributed by atoms with Crippen molar-refractivity contribution in [2.75, 3.05) is 6.61 Å². The Labute approximate surface area is 81.7 Å². The summed E-state index contributed by atoms with van der Waals surface area (Å²) in [5.41, 5.74) is 1.23. The van der Waals surface area contributed by atoms with E-state index in [1.807, 2.05) is 0 Å². The molecule has 2 rings (SSSR count). The number of Topliss-reactive ketones (excluding diaryl/α,β-unsaturated/α-hetero) is 2. The van der Waals surface area contributed by atoms with E-state index in [0.717, 1.165) is 0 Å². The van der Waals surface area contributed by atoms with Gasteiger partial charge >= 0.3 is 0 Å². The van der Waals surface area contributed by atoms with Crippen molar-refractivity contribution in [2.45, 2.75) is 13.0 Å². The van der Waals surface area contributed by atoms with Crippen LogP contribution in [0.3, 0.4) is 0 Å². The Kier molecular flexibility index (Phi) is 2.17. The highest BCUT2D eigenvalue weighted by Crippen LogP contribution is 2.16. The van der Waals surface area contributed by atoms with Crippen molar-refractivity contribution in [2.24, 2.45) is 0 Å². The second-order valence-electron chi connectivity index (χ2n) is 3.32. The summed E-state index contributed by atoms with van der Waals surface area (Å²) >= 11 is 0. The molecule has 0 aliphatic carbocycles. The van der Waals surface area contributed by atoms with E-state index in [-0.39, 0.29) is 17.7 Å². The van der Waals surface area contributed by atoms with Crippen LogP contribution in [0.4, 0.5) is 0 Å². The number of benzene rings is 1. The molecule has 1 aliphatic rings. The summed E-state index contributed by atoms with van der Waals surface area (Å²) in [6.45, 7) is 2.02. The van der Waals surface area contributed by atoms with Crippen molar-refractivity contribution in [1.29, 1.82) is 0 Å². The summed E-state index contributed by atoms with van der Waals surface area (Å²) in [6.07, 6.45) is -0.252. The van der Waals surface area contributed by atoms with Crippen molar-refractivity contribution >= 4 is 11.6 Å². The third-order valence-corrected chi connectivity index (χ3v) is 2.20. The Morgan fingerprint density at radius 1 is 1.21 bits per heavy atom. The molecule has 14 heavy (non-hydrogen) atoms. The van der Waals surface area contributed by atoms with Crippen LogP contribution in [0.2, 0.25) is 0 Å². The molecular formula is C11H10O3. The number of carbonyl (C=O) groups is 2. The van der Waals surface area contributed by atoms with Gasteiger partial charge in [-0.2, -0.15) is 0 Å². The molecule has 3 nitrogen and oxygen atoms in total. The fourth-order valence-corrected chi connectivity index (χ4v) is 1.25. The third kappa shape index (κ3) is 1.72. The predicted molar refractivity (Wildman–Crippen MR) is 50.5 cm³/mol. The van der Waals surface area contributed by atoms with Gasteiger partial charge < -0.3 is 4.74 Å². The van der Waals surface area contributed by atoms with Gasteiger partial charge in [0.1, 0.15) is 6.10 Å². The zero-order valence-electron chi connectivity index (χ0n) is 7.82. The summed E-state index contributed by atoms with van der Waals surface area (Å²) in [6, 6.07) is 6.66. The normalized spacial score (nSPS) is 19.1. The fourth-order valence-electron chi connectivity index (χ4n) is 1.25. The van der Waals surface area contributed by atoms with Crippen LogP contribution in [0.15, 0.2) is 24.3 Å². The van der Waals surface area contributed by atoms with E-state index >= 15 is 0 Å². The van der Waals surface area contributed by atoms with Gasteiger partial charge in [-0.25, -0.2) is 0 Å². The van der Waals surface area contributed by atoms with Gasteiger partial charge in [0.25, 0.3) is 0 Å². The molecule has 0 bridgehead atoms. The topological polar surface area (TPSA) is 46.7 Å². The molecule has 1 unspecified atom stereocenters. The average molecular weight is 190 g/mol. The van der Waals surface area contributed by atoms with E-state index in [9.17, 15) is 9.59 Å². The first kappa shape index (κ1) is 9.09. The van der Waals surface area contributed by atoms with Crippen molar-refractivity contribution in [3.63, 3.8) is 0 Å². The number of hydrogen-bond acceptors (Lipinski definition) is 3. The Morgan fingerprint density at radius 2 is 1.71 bits per heavy atom. The summed E-state index contributed by atoms with van der Waals surface area (Å²) in [4.78, 5) is 22.4. The number of ether oxygens (including phenoxy) is 1. The van der Waals surface area contributed by atoms with Crippen molar-refractivity contribution < 1.29 is 14.3 Å². The van der Waals surface area contributed by atoms with Gasteiger partial charge in [-0.05, 0) is 6.92 Å². The molecule has 3 heteroatoms. The third-order valence-electron chi connectivity index (χ3n) is 2.20. The summed E-state index contributed by atoms with van der Waals surface area (Å²) in [7, 11) is 0. The van der Waals surface area contributed by atoms with Crippen molar-refractivity contribution in [1.82, 2.24) is 0 Å². The Morgan fingerprint density at radius 3 is 2.14 bits per heavy atom. The second kappa shape index (κ2) is 3.35. The minimum Gasteiger partial charge on any atom is -0.364 e. The SMILES string of the molecule is CC(=O)c1ccc(C(=O)C2CO2)cc1. The largest absolute Gasteiger partial charge is 0.364 e. The molecule has 1 atom stereocenters. The van der Waals surface area contributed by atoms with Crippen LogP contribution in [0.25, 0.3) is 0 Å². The molecule has 1 saturated heterocycles. The number of rotatable bonds is 3. The minimum absolute atomic E-state index is 0.0000945. The highest BCUT2D eigenvalue weighted by atomic mass is 16.6. The summed E-state index contributed by atoms with van der Waals surface area (Å²) < 4.78 is 4.89. The van der Waals surface area contributed by atoms with Crippen LogP contribution in [0, 0.1) is 0 Å². The van der Waals surface area contributed by atoms with Gasteiger partial charge in [-0.1, -0.05) is 24.3 Å². The van der Waals surface area contributed by atoms with Gasteiger partial charge in [0.05, 0.1) is 6.61 Å². The van der Waals surface area contributed by atoms with Crippen LogP contribution in [-0.2, 0) is 4.74 Å². The van der Waals surface area contributed by atoms with E-state index in [0.29, 0.717) is 17.7 Å². The van der Waals surface area contributed by atoms with E-state index in [1.165, 1.54) is 6.92 Å². The first-order valence-electron chi connectivity index (χ1n) is 4.45. The van der Waals surface area contributed by atoms with E-state index in [4.69, 9.17) is 4.74 Å². The molecule has 1 aromatic rings. The smallest absolute Gasteiger partial charge is 0.193 e. The average Bonchev–Trinajstić information content (AvgIpc) is 3.00. The molecule has 0 radical (unpaired) electrons. The number of ketones is 2. The monoisotopic (exact) mass is 190 g/mol. The maximum absolute atomic E-state index is 11.5. The van der Waals surface area contributed by atoms with Gasteiger partial charge in [-0.15, -0.1) is 0 Å². The molecule has 1 heterocycles. The lowest BCUT2D eigenvalue weighted by molar-refractivity contribution is 0.0951. The molecule has 0 saturated carbocycles. The van der Waals surface area contributed by atoms with E-state index < -0.39 is 0 Å². The summed E-state index contributed by atoms with van der Waals surface area (Å²) in [5, 5.41) is 0. The van der Waals surface area contributed by atoms with Crippen LogP contribution in [0.1, 0.15) is 27.6 Å². The Balaban J connectivity index is 2.20. The van der Waals surface area contributed by atoms with Crippen molar-refractivity contribution in [3.8, 4) is 0 Å². The maximum atomic E-state index is 11.5. The molecule has 1 fully saturated rings. The first-order chi connectivity index (χ1) is 6.68. The lowest BCUT2D eigenvalue weighted by Crippen LogP contribution is -2.07. The molecule has 1 aromatic carbocycles. The predicted octanol–water partition coefficient (Wildman–Crippen LogP) is 1.47. The standard InChI is InChI=1S/C11H10O3/c1-7(12)8-2-4-9(5-3-8)11(13)10-6-14-10/h2-5,10H,6H2,1H3. The Bertz CT molecular complexity index is 374. The molecule has 0 aromatic heterocycles. The van der Waals surface area contributed by atoms with Crippen LogP contribution < -0.4 is 0 Å². The number of epoxide rings is 1. The van der Waals surface area contributed by atoms with Gasteiger partial charge in [0.15, 0.2) is 11.6 Å². The first-order valence-corrected chi connectivity index (χ1v) is 4.45. The minimum atomic E-state index is -0.252. The highest BCUT2D eigenvalue weighted by molar-refractivity contribution is 6.02. The van der Waals surface area contributed by atoms with Gasteiger partial charge in [0, 0.05) is 11.1 Å². The zero-order chi connectivity index (χ0) is 10.1. The van der Waals surface area contributed by atoms with Crippen LogP contribution >= 0.6 is 0 Å². The lowest BCUT2D eigenvalue weighted by Gasteiger charge is -1.98. The number of carbonyl (C=O) groups excluding carboxylic acids is 2. The summed E-state index contributed by atoms with van der Waals surface area (Å²) in [5.74, 6) is 0.00627. The molecule has 0 amide bonds. The van der Waals surface area contributed by atoms with Crippen LogP contribution in [-0.4, -0.2) is 24.3 Å². The lowest BCUT2D eigenvalue weighted by atomic mass is 10.0. The molecule has 72 valence electrons. The zero-order valence-corrected chi connectivity index (χ0v) is 7.82. The quantitative estimate of drug-likeness (QED) is 0.535. The van der Waals surface area contributed by atoms with Crippen molar-refractivity contribution in [3.05, 3.63) is 35.4 Å². The molecular weight excluding hydrogens is 180 g/mol. The maximum Gasteiger partial charge on any atom is 0.193 e. The molecule has 0 N–H and O–H groups in total.